The third-order valence-corrected chi connectivity index (χ3v) is 2.45. The summed E-state index contributed by atoms with van der Waals surface area (Å²) in [6, 6.07) is 12.2. The lowest BCUT2D eigenvalue weighted by Crippen LogP contribution is -2.20. The van der Waals surface area contributed by atoms with Crippen LogP contribution in [0, 0.1) is 6.92 Å². The quantitative estimate of drug-likeness (QED) is 0.458. The van der Waals surface area contributed by atoms with Crippen molar-refractivity contribution in [2.45, 2.75) is 6.92 Å². The number of fused-ring (bicyclic) bond motifs is 1. The lowest BCUT2D eigenvalue weighted by atomic mass is 10.0. The average Bonchev–Trinajstić information content (AvgIpc) is 2.26. The SMILES string of the molecule is Cc1cc2ccccc2cc1/C=N\N(N)O. The zero-order valence-corrected chi connectivity index (χ0v) is 8.96. The predicted octanol–water partition coefficient (Wildman–Crippen LogP) is 2.05. The van der Waals surface area contributed by atoms with E-state index in [-0.39, 0.29) is 0 Å². The zero-order valence-electron chi connectivity index (χ0n) is 8.96. The second-order valence-corrected chi connectivity index (χ2v) is 3.62. The fraction of sp³-hybridized carbons (Fsp3) is 0.0833. The Kier molecular flexibility index (Phi) is 2.85. The van der Waals surface area contributed by atoms with Crippen molar-refractivity contribution in [1.29, 1.82) is 0 Å². The molecule has 16 heavy (non-hydrogen) atoms. The standard InChI is InChI=1S/C12H13N3O/c1-9-6-10-4-2-3-5-11(10)7-12(9)8-14-15(13)16/h2-8,16H,13H2,1H3/b14-8-. The first-order chi connectivity index (χ1) is 7.66. The predicted molar refractivity (Wildman–Crippen MR) is 64.1 cm³/mol. The molecule has 0 saturated carbocycles. The fourth-order valence-corrected chi connectivity index (χ4v) is 1.63. The topological polar surface area (TPSA) is 61.8 Å². The van der Waals surface area contributed by atoms with Gasteiger partial charge in [-0.2, -0.15) is 0 Å². The molecule has 0 fully saturated rings. The van der Waals surface area contributed by atoms with E-state index in [0.717, 1.165) is 16.5 Å². The molecule has 4 heteroatoms. The molecule has 0 aliphatic carbocycles. The Bertz CT molecular complexity index is 535. The van der Waals surface area contributed by atoms with E-state index in [1.54, 1.807) is 0 Å². The van der Waals surface area contributed by atoms with Crippen molar-refractivity contribution in [3.05, 3.63) is 47.5 Å². The molecule has 0 unspecified atom stereocenters. The molecule has 2 aromatic carbocycles. The fourth-order valence-electron chi connectivity index (χ4n) is 1.63. The maximum Gasteiger partial charge on any atom is 0.0587 e. The van der Waals surface area contributed by atoms with Gasteiger partial charge in [0, 0.05) is 0 Å². The summed E-state index contributed by atoms with van der Waals surface area (Å²) < 4.78 is 0. The third-order valence-electron chi connectivity index (χ3n) is 2.45. The number of hydrazone groups is 1. The largest absolute Gasteiger partial charge is 0.257 e. The summed E-state index contributed by atoms with van der Waals surface area (Å²) in [6.45, 7) is 1.99. The number of aryl methyl sites for hydroxylation is 1. The minimum absolute atomic E-state index is 0.300. The maximum atomic E-state index is 8.73. The van der Waals surface area contributed by atoms with Crippen LogP contribution in [0.15, 0.2) is 41.5 Å². The lowest BCUT2D eigenvalue weighted by molar-refractivity contribution is -0.0911. The molecule has 82 valence electrons. The van der Waals surface area contributed by atoms with E-state index in [4.69, 9.17) is 11.0 Å². The van der Waals surface area contributed by atoms with Gasteiger partial charge in [0.25, 0.3) is 0 Å². The summed E-state index contributed by atoms with van der Waals surface area (Å²) in [7, 11) is 0. The van der Waals surface area contributed by atoms with Crippen LogP contribution >= 0.6 is 0 Å². The Balaban J connectivity index is 2.50. The second kappa shape index (κ2) is 4.30. The monoisotopic (exact) mass is 215 g/mol. The normalized spacial score (nSPS) is 11.2. The Labute approximate surface area is 93.5 Å². The Morgan fingerprint density at radius 2 is 1.88 bits per heavy atom. The van der Waals surface area contributed by atoms with Gasteiger partial charge in [0.1, 0.15) is 0 Å². The molecular weight excluding hydrogens is 202 g/mol. The van der Waals surface area contributed by atoms with Crippen molar-refractivity contribution in [3.63, 3.8) is 0 Å². The summed E-state index contributed by atoms with van der Waals surface area (Å²) in [5.74, 6) is 4.99. The molecule has 0 aliphatic rings. The van der Waals surface area contributed by atoms with Crippen LogP contribution in [0.25, 0.3) is 10.8 Å². The van der Waals surface area contributed by atoms with Crippen LogP contribution in [0.5, 0.6) is 0 Å². The molecule has 0 radical (unpaired) electrons. The Morgan fingerprint density at radius 3 is 2.50 bits per heavy atom. The molecule has 2 aromatic rings. The van der Waals surface area contributed by atoms with Crippen molar-refractivity contribution < 1.29 is 5.21 Å². The number of rotatable bonds is 2. The van der Waals surface area contributed by atoms with E-state index in [0.29, 0.717) is 5.28 Å². The highest BCUT2D eigenvalue weighted by Crippen LogP contribution is 2.18. The summed E-state index contributed by atoms with van der Waals surface area (Å²) >= 11 is 0. The van der Waals surface area contributed by atoms with Gasteiger partial charge in [-0.25, -0.2) is 5.84 Å². The second-order valence-electron chi connectivity index (χ2n) is 3.62. The molecule has 2 rings (SSSR count). The highest BCUT2D eigenvalue weighted by molar-refractivity contribution is 5.92. The van der Waals surface area contributed by atoms with Crippen molar-refractivity contribution >= 4 is 17.0 Å². The van der Waals surface area contributed by atoms with Crippen LogP contribution in [0.3, 0.4) is 0 Å². The highest BCUT2D eigenvalue weighted by atomic mass is 16.6. The Hall–Kier alpha value is -1.91. The van der Waals surface area contributed by atoms with Gasteiger partial charge < -0.3 is 0 Å². The van der Waals surface area contributed by atoms with Crippen LogP contribution in [0.2, 0.25) is 0 Å². The smallest absolute Gasteiger partial charge is 0.0587 e. The van der Waals surface area contributed by atoms with Crippen molar-refractivity contribution in [3.8, 4) is 0 Å². The average molecular weight is 215 g/mol. The molecule has 0 aromatic heterocycles. The van der Waals surface area contributed by atoms with Crippen LogP contribution < -0.4 is 5.84 Å². The zero-order chi connectivity index (χ0) is 11.5. The summed E-state index contributed by atoms with van der Waals surface area (Å²) in [4.78, 5) is 0. The lowest BCUT2D eigenvalue weighted by Gasteiger charge is -2.05. The van der Waals surface area contributed by atoms with Crippen molar-refractivity contribution in [2.75, 3.05) is 0 Å². The molecule has 0 bridgehead atoms. The van der Waals surface area contributed by atoms with E-state index >= 15 is 0 Å². The van der Waals surface area contributed by atoms with E-state index in [9.17, 15) is 0 Å². The first kappa shape index (κ1) is 10.6. The molecule has 0 amide bonds. The molecule has 0 heterocycles. The van der Waals surface area contributed by atoms with Crippen molar-refractivity contribution in [2.24, 2.45) is 10.9 Å². The van der Waals surface area contributed by atoms with Gasteiger partial charge >= 0.3 is 0 Å². The highest BCUT2D eigenvalue weighted by Gasteiger charge is 1.99. The number of nitrogens with two attached hydrogens (primary N) is 1. The van der Waals surface area contributed by atoms with Crippen LogP contribution in [0.4, 0.5) is 0 Å². The van der Waals surface area contributed by atoms with Crippen LogP contribution in [-0.4, -0.2) is 16.7 Å². The number of benzene rings is 2. The molecular formula is C12H13N3O. The first-order valence-corrected chi connectivity index (χ1v) is 4.94. The van der Waals surface area contributed by atoms with Gasteiger partial charge in [0.15, 0.2) is 0 Å². The minimum Gasteiger partial charge on any atom is -0.257 e. The van der Waals surface area contributed by atoms with Gasteiger partial charge in [0.2, 0.25) is 0 Å². The third kappa shape index (κ3) is 2.18. The first-order valence-electron chi connectivity index (χ1n) is 4.94. The maximum absolute atomic E-state index is 8.73. The van der Waals surface area contributed by atoms with Gasteiger partial charge in [-0.15, -0.1) is 10.4 Å². The van der Waals surface area contributed by atoms with Gasteiger partial charge in [-0.05, 0) is 34.9 Å². The minimum atomic E-state index is 0.300. The molecule has 0 spiro atoms. The molecule has 4 nitrogen and oxygen atoms in total. The Morgan fingerprint density at radius 1 is 1.25 bits per heavy atom. The number of nitrogens with zero attached hydrogens (tertiary/aromatic N) is 2. The molecule has 0 atom stereocenters. The number of hydrogen-bond donors (Lipinski definition) is 2. The van der Waals surface area contributed by atoms with E-state index in [1.165, 1.54) is 11.6 Å². The van der Waals surface area contributed by atoms with E-state index < -0.39 is 0 Å². The van der Waals surface area contributed by atoms with E-state index in [1.807, 2.05) is 31.2 Å². The van der Waals surface area contributed by atoms with Crippen LogP contribution in [-0.2, 0) is 0 Å². The molecule has 0 saturated heterocycles. The van der Waals surface area contributed by atoms with Gasteiger partial charge in [-0.1, -0.05) is 30.3 Å². The number of hydrogen-bond acceptors (Lipinski definition) is 4. The van der Waals surface area contributed by atoms with E-state index in [2.05, 4.69) is 17.2 Å². The molecule has 3 N–H and O–H groups in total. The number of hydrazine groups is 1. The molecule has 0 aliphatic heterocycles. The summed E-state index contributed by atoms with van der Waals surface area (Å²) in [5, 5.41) is 15.0. The summed E-state index contributed by atoms with van der Waals surface area (Å²) in [6.07, 6.45) is 1.53. The van der Waals surface area contributed by atoms with Crippen molar-refractivity contribution in [1.82, 2.24) is 5.28 Å². The summed E-state index contributed by atoms with van der Waals surface area (Å²) in [5.41, 5.74) is 2.02. The van der Waals surface area contributed by atoms with Gasteiger partial charge in [-0.3, -0.25) is 5.21 Å². The van der Waals surface area contributed by atoms with Crippen LogP contribution in [0.1, 0.15) is 11.1 Å². The van der Waals surface area contributed by atoms with Gasteiger partial charge in [0.05, 0.1) is 6.21 Å².